The van der Waals surface area contributed by atoms with E-state index in [1.807, 2.05) is 67.8 Å². The first-order valence-electron chi connectivity index (χ1n) is 9.18. The molecule has 1 aromatic carbocycles. The highest BCUT2D eigenvalue weighted by Crippen LogP contribution is 2.22. The fourth-order valence-electron chi connectivity index (χ4n) is 2.90. The van der Waals surface area contributed by atoms with E-state index in [0.717, 1.165) is 22.5 Å². The molecule has 0 aliphatic heterocycles. The van der Waals surface area contributed by atoms with Crippen LogP contribution in [0.3, 0.4) is 0 Å². The summed E-state index contributed by atoms with van der Waals surface area (Å²) in [5.41, 5.74) is 4.00. The van der Waals surface area contributed by atoms with Gasteiger partial charge in [0.25, 0.3) is 5.91 Å². The van der Waals surface area contributed by atoms with Gasteiger partial charge in [-0.25, -0.2) is 9.97 Å². The van der Waals surface area contributed by atoms with Gasteiger partial charge < -0.3 is 15.2 Å². The molecule has 144 valence electrons. The van der Waals surface area contributed by atoms with E-state index in [9.17, 15) is 4.79 Å². The summed E-state index contributed by atoms with van der Waals surface area (Å²) in [6.07, 6.45) is 7.07. The second-order valence-electron chi connectivity index (χ2n) is 6.52. The lowest BCUT2D eigenvalue weighted by Crippen LogP contribution is -2.25. The summed E-state index contributed by atoms with van der Waals surface area (Å²) >= 11 is 0. The molecule has 29 heavy (non-hydrogen) atoms. The van der Waals surface area contributed by atoms with Crippen molar-refractivity contribution in [2.75, 3.05) is 5.32 Å². The van der Waals surface area contributed by atoms with Gasteiger partial charge in [-0.15, -0.1) is 0 Å². The van der Waals surface area contributed by atoms with Crippen LogP contribution in [0.5, 0.6) is 0 Å². The van der Waals surface area contributed by atoms with Crippen LogP contribution >= 0.6 is 0 Å². The highest BCUT2D eigenvalue weighted by Gasteiger charge is 2.13. The maximum Gasteiger partial charge on any atom is 0.268 e. The lowest BCUT2D eigenvalue weighted by Gasteiger charge is -2.05. The smallest absolute Gasteiger partial charge is 0.268 e. The number of nitrogens with zero attached hydrogens (tertiary/aromatic N) is 4. The molecule has 0 spiro atoms. The minimum atomic E-state index is -0.160. The van der Waals surface area contributed by atoms with Gasteiger partial charge in [0.1, 0.15) is 5.69 Å². The lowest BCUT2D eigenvalue weighted by atomic mass is 10.2. The van der Waals surface area contributed by atoms with Crippen LogP contribution in [0.2, 0.25) is 0 Å². The third kappa shape index (κ3) is 4.47. The largest absolute Gasteiger partial charge is 0.346 e. The van der Waals surface area contributed by atoms with Crippen LogP contribution in [-0.2, 0) is 13.6 Å². The third-order valence-electron chi connectivity index (χ3n) is 4.41. The normalized spacial score (nSPS) is 10.5. The van der Waals surface area contributed by atoms with Crippen LogP contribution in [0.1, 0.15) is 16.2 Å². The molecule has 0 radical (unpaired) electrons. The average Bonchev–Trinajstić information content (AvgIpc) is 3.16. The highest BCUT2D eigenvalue weighted by molar-refractivity contribution is 5.94. The summed E-state index contributed by atoms with van der Waals surface area (Å²) in [6.45, 7) is 0.378. The molecule has 4 aromatic rings. The van der Waals surface area contributed by atoms with Crippen molar-refractivity contribution in [1.82, 2.24) is 24.8 Å². The summed E-state index contributed by atoms with van der Waals surface area (Å²) in [5.74, 6) is 0.358. The highest BCUT2D eigenvalue weighted by atomic mass is 16.1. The number of amides is 1. The molecule has 7 heteroatoms. The van der Waals surface area contributed by atoms with Crippen molar-refractivity contribution in [3.63, 3.8) is 0 Å². The van der Waals surface area contributed by atoms with Crippen LogP contribution < -0.4 is 10.6 Å². The Morgan fingerprint density at radius 3 is 2.45 bits per heavy atom. The van der Waals surface area contributed by atoms with Crippen molar-refractivity contribution in [2.45, 2.75) is 6.54 Å². The molecule has 3 heterocycles. The first kappa shape index (κ1) is 18.4. The zero-order chi connectivity index (χ0) is 20.1. The zero-order valence-corrected chi connectivity index (χ0v) is 15.9. The van der Waals surface area contributed by atoms with Gasteiger partial charge in [-0.3, -0.25) is 9.78 Å². The predicted molar refractivity (Wildman–Crippen MR) is 112 cm³/mol. The molecule has 0 saturated heterocycles. The molecule has 0 atom stereocenters. The van der Waals surface area contributed by atoms with Crippen molar-refractivity contribution >= 4 is 17.5 Å². The number of aromatic nitrogens is 4. The molecule has 3 aromatic heterocycles. The quantitative estimate of drug-likeness (QED) is 0.531. The van der Waals surface area contributed by atoms with E-state index in [4.69, 9.17) is 0 Å². The van der Waals surface area contributed by atoms with Crippen LogP contribution in [0, 0.1) is 0 Å². The lowest BCUT2D eigenvalue weighted by molar-refractivity contribution is 0.0942. The monoisotopic (exact) mass is 384 g/mol. The van der Waals surface area contributed by atoms with Gasteiger partial charge in [-0.1, -0.05) is 24.3 Å². The SMILES string of the molecule is Cn1cc(-c2cnc(Nc3ccccc3)nc2)cc1C(=O)NCc1ccccn1. The summed E-state index contributed by atoms with van der Waals surface area (Å²) < 4.78 is 1.79. The average molecular weight is 384 g/mol. The number of hydrogen-bond donors (Lipinski definition) is 2. The van der Waals surface area contributed by atoms with Gasteiger partial charge in [-0.2, -0.15) is 0 Å². The van der Waals surface area contributed by atoms with Gasteiger partial charge >= 0.3 is 0 Å². The summed E-state index contributed by atoms with van der Waals surface area (Å²) in [5, 5.41) is 6.05. The molecular weight excluding hydrogens is 364 g/mol. The summed E-state index contributed by atoms with van der Waals surface area (Å²) in [4.78, 5) is 25.5. The fourth-order valence-corrected chi connectivity index (χ4v) is 2.90. The van der Waals surface area contributed by atoms with Gasteiger partial charge in [0.2, 0.25) is 5.95 Å². The molecule has 0 unspecified atom stereocenters. The zero-order valence-electron chi connectivity index (χ0n) is 15.9. The number of hydrogen-bond acceptors (Lipinski definition) is 5. The van der Waals surface area contributed by atoms with Crippen molar-refractivity contribution in [3.8, 4) is 11.1 Å². The maximum atomic E-state index is 12.5. The van der Waals surface area contributed by atoms with Crippen molar-refractivity contribution < 1.29 is 4.79 Å². The number of nitrogens with one attached hydrogen (secondary N) is 2. The number of benzene rings is 1. The second-order valence-corrected chi connectivity index (χ2v) is 6.52. The molecule has 0 aliphatic carbocycles. The Hall–Kier alpha value is -4.00. The predicted octanol–water partition coefficient (Wildman–Crippen LogP) is 3.55. The Balaban J connectivity index is 1.45. The van der Waals surface area contributed by atoms with Crippen molar-refractivity contribution in [3.05, 3.63) is 90.8 Å². The van der Waals surface area contributed by atoms with E-state index >= 15 is 0 Å². The molecule has 0 aliphatic rings. The Labute approximate surface area is 168 Å². The number of para-hydroxylation sites is 1. The van der Waals surface area contributed by atoms with Crippen LogP contribution in [0.4, 0.5) is 11.6 Å². The summed E-state index contributed by atoms with van der Waals surface area (Å²) in [7, 11) is 1.84. The molecule has 7 nitrogen and oxygen atoms in total. The number of carbonyl (C=O) groups is 1. The molecule has 0 saturated carbocycles. The minimum Gasteiger partial charge on any atom is -0.346 e. The Bertz CT molecular complexity index is 1090. The topological polar surface area (TPSA) is 84.7 Å². The van der Waals surface area contributed by atoms with E-state index in [-0.39, 0.29) is 5.91 Å². The van der Waals surface area contributed by atoms with Crippen LogP contribution in [0.15, 0.2) is 79.4 Å². The molecule has 4 rings (SSSR count). The van der Waals surface area contributed by atoms with Gasteiger partial charge in [0.15, 0.2) is 0 Å². The number of anilines is 2. The summed E-state index contributed by atoms with van der Waals surface area (Å²) in [6, 6.07) is 17.2. The Kier molecular flexibility index (Phi) is 5.29. The number of aryl methyl sites for hydroxylation is 1. The number of rotatable bonds is 6. The third-order valence-corrected chi connectivity index (χ3v) is 4.41. The molecule has 0 fully saturated rings. The number of pyridine rings is 1. The standard InChI is InChI=1S/C22H20N6O/c1-28-15-16(11-20(28)21(29)24-14-19-9-5-6-10-23-19)17-12-25-22(26-13-17)27-18-7-3-2-4-8-18/h2-13,15H,14H2,1H3,(H,24,29)(H,25,26,27). The van der Waals surface area contributed by atoms with E-state index in [1.165, 1.54) is 0 Å². The maximum absolute atomic E-state index is 12.5. The second kappa shape index (κ2) is 8.35. The van der Waals surface area contributed by atoms with Crippen LogP contribution in [0.25, 0.3) is 11.1 Å². The fraction of sp³-hybridized carbons (Fsp3) is 0.0909. The van der Waals surface area contributed by atoms with E-state index < -0.39 is 0 Å². The molecule has 1 amide bonds. The molecule has 0 bridgehead atoms. The Morgan fingerprint density at radius 1 is 0.966 bits per heavy atom. The minimum absolute atomic E-state index is 0.160. The van der Waals surface area contributed by atoms with Gasteiger partial charge in [0.05, 0.1) is 12.2 Å². The van der Waals surface area contributed by atoms with E-state index in [0.29, 0.717) is 18.2 Å². The molecular formula is C22H20N6O. The first-order chi connectivity index (χ1) is 14.2. The number of carbonyl (C=O) groups excluding carboxylic acids is 1. The van der Waals surface area contributed by atoms with Crippen LogP contribution in [-0.4, -0.2) is 25.4 Å². The van der Waals surface area contributed by atoms with Crippen molar-refractivity contribution in [1.29, 1.82) is 0 Å². The van der Waals surface area contributed by atoms with Crippen molar-refractivity contribution in [2.24, 2.45) is 7.05 Å². The van der Waals surface area contributed by atoms with Gasteiger partial charge in [-0.05, 0) is 30.3 Å². The van der Waals surface area contributed by atoms with E-state index in [2.05, 4.69) is 25.6 Å². The Morgan fingerprint density at radius 2 is 1.72 bits per heavy atom. The van der Waals surface area contributed by atoms with E-state index in [1.54, 1.807) is 23.2 Å². The molecule has 2 N–H and O–H groups in total. The van der Waals surface area contributed by atoms with Gasteiger partial charge in [0, 0.05) is 48.6 Å². The first-order valence-corrected chi connectivity index (χ1v) is 9.18.